The molecule has 292 valence electrons. The molecule has 14 nitrogen and oxygen atoms in total. The van der Waals surface area contributed by atoms with Crippen LogP contribution in [0.3, 0.4) is 0 Å². The molecule has 4 aromatic rings. The first-order valence-electron chi connectivity index (χ1n) is 18.2. The molecule has 0 radical (unpaired) electrons. The molecule has 0 aliphatic carbocycles. The van der Waals surface area contributed by atoms with Crippen molar-refractivity contribution in [1.82, 2.24) is 20.4 Å². The normalized spacial score (nSPS) is 19.3. The van der Waals surface area contributed by atoms with Gasteiger partial charge in [-0.3, -0.25) is 28.8 Å². The summed E-state index contributed by atoms with van der Waals surface area (Å²) in [5.41, 5.74) is 7.85. The molecule has 1 saturated heterocycles. The molecule has 2 bridgehead atoms. The fourth-order valence-corrected chi connectivity index (χ4v) is 7.22. The Morgan fingerprint density at radius 3 is 2.48 bits per heavy atom. The van der Waals surface area contributed by atoms with Crippen LogP contribution in [0, 0.1) is 0 Å². The number of nitrogens with one attached hydrogen (secondary N) is 2. The number of anilines is 2. The predicted molar refractivity (Wildman–Crippen MR) is 210 cm³/mol. The van der Waals surface area contributed by atoms with Gasteiger partial charge >= 0.3 is 5.97 Å². The molecule has 0 saturated carbocycles. The Labute approximate surface area is 328 Å². The zero-order valence-electron chi connectivity index (χ0n) is 31.0. The first-order chi connectivity index (χ1) is 26.9. The van der Waals surface area contributed by atoms with Gasteiger partial charge in [0.05, 0.1) is 19.6 Å². The van der Waals surface area contributed by atoms with E-state index in [1.165, 1.54) is 24.0 Å². The minimum absolute atomic E-state index is 0.0393. The van der Waals surface area contributed by atoms with Crippen LogP contribution >= 0.6 is 11.6 Å². The minimum atomic E-state index is -1.11. The lowest BCUT2D eigenvalue weighted by Gasteiger charge is -2.30. The number of nitrogens with zero attached hydrogens (tertiary/aromatic N) is 3. The summed E-state index contributed by atoms with van der Waals surface area (Å²) >= 11 is 6.13. The smallest absolute Gasteiger partial charge is 0.307 e. The molecule has 3 atom stereocenters. The van der Waals surface area contributed by atoms with Crippen molar-refractivity contribution in [1.29, 1.82) is 0 Å². The number of rotatable bonds is 7. The number of hydrogen-bond donors (Lipinski definition) is 3. The van der Waals surface area contributed by atoms with Gasteiger partial charge in [0.15, 0.2) is 0 Å². The van der Waals surface area contributed by atoms with Gasteiger partial charge in [-0.2, -0.15) is 0 Å². The average Bonchev–Trinajstić information content (AvgIpc) is 3.60. The number of fused-ring (bicyclic) bond motifs is 12. The number of benzene rings is 4. The molecule has 0 spiro atoms. The second-order valence-corrected chi connectivity index (χ2v) is 14.2. The summed E-state index contributed by atoms with van der Waals surface area (Å²) in [6.07, 6.45) is -0.0341. The molecule has 3 aliphatic rings. The van der Waals surface area contributed by atoms with Gasteiger partial charge in [-0.25, -0.2) is 0 Å². The summed E-state index contributed by atoms with van der Waals surface area (Å²) in [7, 11) is 2.72. The minimum Gasteiger partial charge on any atom is -0.491 e. The maximum atomic E-state index is 14.4. The van der Waals surface area contributed by atoms with E-state index in [4.69, 9.17) is 22.1 Å². The van der Waals surface area contributed by atoms with E-state index in [1.54, 1.807) is 83.8 Å². The van der Waals surface area contributed by atoms with Crippen LogP contribution in [-0.2, 0) is 23.9 Å². The molecule has 0 aromatic heterocycles. The Morgan fingerprint density at radius 2 is 1.73 bits per heavy atom. The van der Waals surface area contributed by atoms with E-state index in [0.717, 1.165) is 10.8 Å². The van der Waals surface area contributed by atoms with Gasteiger partial charge in [0.1, 0.15) is 24.9 Å². The highest BCUT2D eigenvalue weighted by atomic mass is 35.5. The number of carbonyl (C=O) groups is 6. The number of hydrogen-bond acceptors (Lipinski definition) is 9. The second-order valence-electron chi connectivity index (χ2n) is 13.8. The van der Waals surface area contributed by atoms with Crippen LogP contribution in [0.25, 0.3) is 10.8 Å². The van der Waals surface area contributed by atoms with Crippen molar-refractivity contribution in [2.24, 2.45) is 0 Å². The lowest BCUT2D eigenvalue weighted by molar-refractivity contribution is -0.140. The molecule has 1 fully saturated rings. The number of amides is 5. The molecule has 3 aliphatic heterocycles. The van der Waals surface area contributed by atoms with Gasteiger partial charge in [0.2, 0.25) is 17.7 Å². The van der Waals surface area contributed by atoms with Crippen molar-refractivity contribution in [2.75, 3.05) is 51.0 Å². The molecular formula is C41H43ClN6O8. The van der Waals surface area contributed by atoms with Gasteiger partial charge in [-0.15, -0.1) is 0 Å². The molecule has 0 unspecified atom stereocenters. The highest BCUT2D eigenvalue weighted by Gasteiger charge is 2.38. The fraction of sp³-hybridized carbons (Fsp3) is 0.317. The third-order valence-electron chi connectivity index (χ3n) is 10.1. The number of halogens is 1. The number of likely N-dealkylation sites (N-methyl/N-ethyl adjacent to an activating group) is 1. The number of ether oxygens (including phenoxy) is 2. The summed E-state index contributed by atoms with van der Waals surface area (Å²) in [6.45, 7) is -0.180. The Hall–Kier alpha value is -6.15. The van der Waals surface area contributed by atoms with E-state index >= 15 is 0 Å². The summed E-state index contributed by atoms with van der Waals surface area (Å²) in [5, 5.41) is 7.63. The number of nitrogens with two attached hydrogens (primary N) is 1. The lowest BCUT2D eigenvalue weighted by Crippen LogP contribution is -2.49. The fourth-order valence-electron chi connectivity index (χ4n) is 7.03. The Bertz CT molecular complexity index is 2150. The van der Waals surface area contributed by atoms with Crippen LogP contribution in [0.1, 0.15) is 46.4 Å². The third-order valence-corrected chi connectivity index (χ3v) is 10.3. The van der Waals surface area contributed by atoms with E-state index in [-0.39, 0.29) is 62.9 Å². The zero-order valence-corrected chi connectivity index (χ0v) is 31.8. The number of nitrogen functional groups attached to an aromatic ring is 1. The largest absolute Gasteiger partial charge is 0.491 e. The molecule has 4 N–H and O–H groups in total. The molecule has 4 aromatic carbocycles. The standard InChI is InChI=1S/C41H43ClN6O8/c1-46-35(40(53)44-18-17-38(51)55-2)15-16-36(49)48(30-11-14-33-26(20-30)5-4-8-34(33)43)23-37(50)47-22-29(45-39(52)27-6-3-7-28(42)19-27)21-31(47)24-56-32-12-9-25(10-13-32)41(46)54/h3-14,19-20,29,31,35H,15-18,21-24,43H2,1-2H3,(H,44,53)(H,45,52)/t29-,31+,35+/m1/s1. The first kappa shape index (κ1) is 39.5. The highest BCUT2D eigenvalue weighted by Crippen LogP contribution is 2.29. The van der Waals surface area contributed by atoms with Crippen molar-refractivity contribution in [3.63, 3.8) is 0 Å². The summed E-state index contributed by atoms with van der Waals surface area (Å²) in [6, 6.07) is 21.6. The van der Waals surface area contributed by atoms with Crippen molar-refractivity contribution in [2.45, 2.75) is 43.8 Å². The zero-order chi connectivity index (χ0) is 39.9. The van der Waals surface area contributed by atoms with E-state index in [9.17, 15) is 28.8 Å². The Morgan fingerprint density at radius 1 is 0.964 bits per heavy atom. The number of methoxy groups -OCH3 is 1. The molecule has 3 heterocycles. The molecule has 56 heavy (non-hydrogen) atoms. The predicted octanol–water partition coefficient (Wildman–Crippen LogP) is 3.80. The highest BCUT2D eigenvalue weighted by molar-refractivity contribution is 6.31. The summed E-state index contributed by atoms with van der Waals surface area (Å²) in [4.78, 5) is 85.2. The maximum Gasteiger partial charge on any atom is 0.307 e. The molecular weight excluding hydrogens is 740 g/mol. The molecule has 5 amide bonds. The van der Waals surface area contributed by atoms with E-state index in [0.29, 0.717) is 34.1 Å². The summed E-state index contributed by atoms with van der Waals surface area (Å²) in [5.74, 6) is -2.32. The van der Waals surface area contributed by atoms with E-state index in [1.807, 2.05) is 6.07 Å². The van der Waals surface area contributed by atoms with Crippen LogP contribution in [0.5, 0.6) is 5.75 Å². The molecule has 15 heteroatoms. The van der Waals surface area contributed by atoms with Gasteiger partial charge < -0.3 is 40.5 Å². The van der Waals surface area contributed by atoms with Gasteiger partial charge in [0.25, 0.3) is 11.8 Å². The number of carbonyl (C=O) groups excluding carboxylic acids is 6. The quantitative estimate of drug-likeness (QED) is 0.186. The Balaban J connectivity index is 1.33. The van der Waals surface area contributed by atoms with Crippen LogP contribution in [0.4, 0.5) is 11.4 Å². The third kappa shape index (κ3) is 9.20. The van der Waals surface area contributed by atoms with E-state index < -0.39 is 41.8 Å². The van der Waals surface area contributed by atoms with Crippen molar-refractivity contribution >= 4 is 69.3 Å². The SMILES string of the molecule is COC(=O)CCNC(=O)[C@@H]1CCC(=O)N(c2ccc3c(N)cccc3c2)CC(=O)N2C[C@H](NC(=O)c3cccc(Cl)c3)C[C@H]2COc2ccc(cc2)C(=O)N1C. The average molecular weight is 783 g/mol. The van der Waals surface area contributed by atoms with Crippen LogP contribution in [0.15, 0.2) is 84.9 Å². The van der Waals surface area contributed by atoms with Crippen molar-refractivity contribution in [3.8, 4) is 5.75 Å². The monoisotopic (exact) mass is 782 g/mol. The molecule has 7 rings (SSSR count). The van der Waals surface area contributed by atoms with Gasteiger partial charge in [-0.1, -0.05) is 35.9 Å². The van der Waals surface area contributed by atoms with Crippen molar-refractivity contribution in [3.05, 3.63) is 101 Å². The topological polar surface area (TPSA) is 181 Å². The second kappa shape index (κ2) is 17.5. The first-order valence-corrected chi connectivity index (χ1v) is 18.6. The lowest BCUT2D eigenvalue weighted by atomic mass is 10.0. The number of esters is 1. The van der Waals surface area contributed by atoms with E-state index in [2.05, 4.69) is 15.4 Å². The Kier molecular flexibility index (Phi) is 12.4. The maximum absolute atomic E-state index is 14.4. The van der Waals surface area contributed by atoms with Crippen LogP contribution in [-0.4, -0.2) is 104 Å². The van der Waals surface area contributed by atoms with Gasteiger partial charge in [-0.05, 0) is 78.9 Å². The van der Waals surface area contributed by atoms with Crippen molar-refractivity contribution < 1.29 is 38.2 Å². The van der Waals surface area contributed by atoms with Crippen LogP contribution in [0.2, 0.25) is 5.02 Å². The van der Waals surface area contributed by atoms with Gasteiger partial charge in [0, 0.05) is 65.5 Å². The van der Waals surface area contributed by atoms with Crippen LogP contribution < -0.4 is 26.0 Å². The summed E-state index contributed by atoms with van der Waals surface area (Å²) < 4.78 is 10.8.